The summed E-state index contributed by atoms with van der Waals surface area (Å²) in [5.41, 5.74) is 2.41. The third-order valence-corrected chi connectivity index (χ3v) is 4.25. The molecule has 3 rings (SSSR count). The van der Waals surface area contributed by atoms with Gasteiger partial charge in [0.25, 0.3) is 5.91 Å². The average molecular weight is 311 g/mol. The van der Waals surface area contributed by atoms with E-state index < -0.39 is 0 Å². The van der Waals surface area contributed by atoms with Crippen LogP contribution >= 0.6 is 0 Å². The van der Waals surface area contributed by atoms with E-state index in [4.69, 9.17) is 0 Å². The van der Waals surface area contributed by atoms with Gasteiger partial charge >= 0.3 is 0 Å². The van der Waals surface area contributed by atoms with E-state index in [0.29, 0.717) is 12.5 Å². The molecular formula is C18H21N3O2. The van der Waals surface area contributed by atoms with Crippen LogP contribution in [0.4, 0.5) is 11.4 Å². The summed E-state index contributed by atoms with van der Waals surface area (Å²) in [6.45, 7) is 6.57. The van der Waals surface area contributed by atoms with Crippen LogP contribution in [-0.2, 0) is 0 Å². The molecule has 5 nitrogen and oxygen atoms in total. The van der Waals surface area contributed by atoms with Crippen LogP contribution in [0.25, 0.3) is 0 Å². The number of anilines is 2. The van der Waals surface area contributed by atoms with Gasteiger partial charge in [0.05, 0.1) is 11.4 Å². The van der Waals surface area contributed by atoms with Crippen molar-refractivity contribution in [1.82, 2.24) is 4.98 Å². The molecular weight excluding hydrogens is 290 g/mol. The van der Waals surface area contributed by atoms with Gasteiger partial charge in [-0.05, 0) is 25.0 Å². The van der Waals surface area contributed by atoms with E-state index in [1.807, 2.05) is 24.3 Å². The van der Waals surface area contributed by atoms with Crippen LogP contribution < -0.4 is 15.6 Å². The highest BCUT2D eigenvalue weighted by molar-refractivity contribution is 6.08. The summed E-state index contributed by atoms with van der Waals surface area (Å²) < 4.78 is 0. The predicted octanol–water partition coefficient (Wildman–Crippen LogP) is 2.78. The first-order valence-corrected chi connectivity index (χ1v) is 7.84. The van der Waals surface area contributed by atoms with E-state index in [-0.39, 0.29) is 22.9 Å². The quantitative estimate of drug-likeness (QED) is 0.896. The Labute approximate surface area is 135 Å². The molecule has 0 saturated carbocycles. The highest BCUT2D eigenvalue weighted by Crippen LogP contribution is 2.32. The number of nitrogens with zero attached hydrogens (tertiary/aromatic N) is 1. The molecule has 1 aliphatic rings. The Bertz CT molecular complexity index is 795. The minimum Gasteiger partial charge on any atom is -0.379 e. The molecule has 1 unspecified atom stereocenters. The van der Waals surface area contributed by atoms with E-state index in [1.54, 1.807) is 11.8 Å². The number of carbonyl (C=O) groups is 1. The minimum atomic E-state index is -0.258. The van der Waals surface area contributed by atoms with Crippen LogP contribution in [-0.4, -0.2) is 23.5 Å². The van der Waals surface area contributed by atoms with Gasteiger partial charge in [0, 0.05) is 30.5 Å². The zero-order valence-corrected chi connectivity index (χ0v) is 13.6. The van der Waals surface area contributed by atoms with Crippen LogP contribution in [0, 0.1) is 12.8 Å². The monoisotopic (exact) mass is 311 g/mol. The average Bonchev–Trinajstić information content (AvgIpc) is 2.53. The predicted molar refractivity (Wildman–Crippen MR) is 92.2 cm³/mol. The lowest BCUT2D eigenvalue weighted by atomic mass is 9.99. The molecule has 0 fully saturated rings. The Morgan fingerprint density at radius 2 is 2.04 bits per heavy atom. The summed E-state index contributed by atoms with van der Waals surface area (Å²) in [6.07, 6.45) is 1.51. The van der Waals surface area contributed by atoms with E-state index in [1.165, 1.54) is 12.3 Å². The van der Waals surface area contributed by atoms with E-state index >= 15 is 0 Å². The topological polar surface area (TPSA) is 65.2 Å². The molecule has 5 heteroatoms. The van der Waals surface area contributed by atoms with Gasteiger partial charge in [-0.1, -0.05) is 26.0 Å². The number of H-pyrrole nitrogens is 1. The lowest BCUT2D eigenvalue weighted by Gasteiger charge is -2.37. The maximum atomic E-state index is 12.9. The lowest BCUT2D eigenvalue weighted by molar-refractivity contribution is 0.0982. The van der Waals surface area contributed by atoms with E-state index in [9.17, 15) is 9.59 Å². The molecule has 1 aromatic carbocycles. The largest absolute Gasteiger partial charge is 0.379 e. The van der Waals surface area contributed by atoms with E-state index in [2.05, 4.69) is 24.1 Å². The second-order valence-corrected chi connectivity index (χ2v) is 6.32. The minimum absolute atomic E-state index is 0.151. The van der Waals surface area contributed by atoms with Crippen LogP contribution in [0.2, 0.25) is 0 Å². The molecule has 2 heterocycles. The molecule has 1 amide bonds. The second-order valence-electron chi connectivity index (χ2n) is 6.32. The number of aromatic amines is 1. The fourth-order valence-electron chi connectivity index (χ4n) is 2.83. The number of pyridine rings is 1. The van der Waals surface area contributed by atoms with Crippen LogP contribution in [0.3, 0.4) is 0 Å². The fraction of sp³-hybridized carbons (Fsp3) is 0.333. The smallest absolute Gasteiger partial charge is 0.263 e. The zero-order chi connectivity index (χ0) is 16.6. The SMILES string of the molecule is Cc1cc(=O)c(C(=O)N2CC(C(C)C)Nc3ccccc32)c[nH]1. The molecule has 0 spiro atoms. The summed E-state index contributed by atoms with van der Waals surface area (Å²) in [7, 11) is 0. The molecule has 23 heavy (non-hydrogen) atoms. The first-order valence-electron chi connectivity index (χ1n) is 7.84. The van der Waals surface area contributed by atoms with Crippen LogP contribution in [0.15, 0.2) is 41.3 Å². The second kappa shape index (κ2) is 5.91. The van der Waals surface area contributed by atoms with Crippen molar-refractivity contribution in [3.8, 4) is 0 Å². The van der Waals surface area contributed by atoms with Gasteiger partial charge in [-0.15, -0.1) is 0 Å². The van der Waals surface area contributed by atoms with Gasteiger partial charge in [0.1, 0.15) is 5.56 Å². The fourth-order valence-corrected chi connectivity index (χ4v) is 2.83. The Morgan fingerprint density at radius 3 is 2.74 bits per heavy atom. The number of nitrogens with one attached hydrogen (secondary N) is 2. The molecule has 1 aromatic heterocycles. The van der Waals surface area contributed by atoms with Crippen molar-refractivity contribution in [2.45, 2.75) is 26.8 Å². The standard InChI is InChI=1S/C18H21N3O2/c1-11(2)15-10-21(16-7-5-4-6-14(16)20-15)18(23)13-9-19-12(3)8-17(13)22/h4-9,11,15,20H,10H2,1-3H3,(H,19,22). The van der Waals surface area contributed by atoms with Crippen LogP contribution in [0.1, 0.15) is 29.9 Å². The molecule has 0 radical (unpaired) electrons. The van der Waals surface area contributed by atoms with Gasteiger partial charge in [-0.2, -0.15) is 0 Å². The maximum absolute atomic E-state index is 12.9. The molecule has 1 aliphatic heterocycles. The summed E-state index contributed by atoms with van der Waals surface area (Å²) in [5.74, 6) is 0.112. The third-order valence-electron chi connectivity index (χ3n) is 4.25. The number of para-hydroxylation sites is 2. The first kappa shape index (κ1) is 15.3. The van der Waals surface area contributed by atoms with Crippen molar-refractivity contribution >= 4 is 17.3 Å². The van der Waals surface area contributed by atoms with Crippen LogP contribution in [0.5, 0.6) is 0 Å². The number of aryl methyl sites for hydroxylation is 1. The first-order chi connectivity index (χ1) is 11.0. The van der Waals surface area contributed by atoms with Gasteiger partial charge in [0.2, 0.25) is 0 Å². The van der Waals surface area contributed by atoms with Crippen molar-refractivity contribution in [3.05, 3.63) is 58.0 Å². The van der Waals surface area contributed by atoms with Crippen molar-refractivity contribution in [2.75, 3.05) is 16.8 Å². The Balaban J connectivity index is 2.03. The number of carbonyl (C=O) groups excluding carboxylic acids is 1. The molecule has 1 atom stereocenters. The van der Waals surface area contributed by atoms with E-state index in [0.717, 1.165) is 17.1 Å². The van der Waals surface area contributed by atoms with Gasteiger partial charge in [-0.3, -0.25) is 9.59 Å². The number of hydrogen-bond donors (Lipinski definition) is 2. The Kier molecular flexibility index (Phi) is 3.94. The summed E-state index contributed by atoms with van der Waals surface area (Å²) in [5, 5.41) is 3.48. The Hall–Kier alpha value is -2.56. The molecule has 120 valence electrons. The molecule has 2 aromatic rings. The number of benzene rings is 1. The highest BCUT2D eigenvalue weighted by atomic mass is 16.2. The number of fused-ring (bicyclic) bond motifs is 1. The number of amides is 1. The van der Waals surface area contributed by atoms with Gasteiger partial charge in [0.15, 0.2) is 5.43 Å². The van der Waals surface area contributed by atoms with Gasteiger partial charge in [-0.25, -0.2) is 0 Å². The van der Waals surface area contributed by atoms with Crippen molar-refractivity contribution in [3.63, 3.8) is 0 Å². The lowest BCUT2D eigenvalue weighted by Crippen LogP contribution is -2.47. The summed E-state index contributed by atoms with van der Waals surface area (Å²) in [6, 6.07) is 9.31. The third kappa shape index (κ3) is 2.86. The number of aromatic nitrogens is 1. The maximum Gasteiger partial charge on any atom is 0.263 e. The molecule has 2 N–H and O–H groups in total. The van der Waals surface area contributed by atoms with Crippen molar-refractivity contribution in [1.29, 1.82) is 0 Å². The Morgan fingerprint density at radius 1 is 1.30 bits per heavy atom. The number of rotatable bonds is 2. The van der Waals surface area contributed by atoms with Crippen molar-refractivity contribution in [2.24, 2.45) is 5.92 Å². The highest BCUT2D eigenvalue weighted by Gasteiger charge is 2.30. The van der Waals surface area contributed by atoms with Gasteiger partial charge < -0.3 is 15.2 Å². The zero-order valence-electron chi connectivity index (χ0n) is 13.6. The summed E-state index contributed by atoms with van der Waals surface area (Å²) in [4.78, 5) is 29.8. The van der Waals surface area contributed by atoms with Crippen molar-refractivity contribution < 1.29 is 4.79 Å². The normalized spacial score (nSPS) is 16.9. The summed E-state index contributed by atoms with van der Waals surface area (Å²) >= 11 is 0. The molecule has 0 saturated heterocycles. The molecule has 0 aliphatic carbocycles. The molecule has 0 bridgehead atoms. The number of hydrogen-bond acceptors (Lipinski definition) is 3.